The van der Waals surface area contributed by atoms with Gasteiger partial charge in [0.15, 0.2) is 13.1 Å². The molecule has 0 heterocycles. The van der Waals surface area contributed by atoms with E-state index in [1.54, 1.807) is 55.6 Å². The first-order valence-corrected chi connectivity index (χ1v) is 13.0. The van der Waals surface area contributed by atoms with Crippen LogP contribution in [0.25, 0.3) is 0 Å². The van der Waals surface area contributed by atoms with Gasteiger partial charge in [0.2, 0.25) is 0 Å². The Kier molecular flexibility index (Phi) is 10.9. The van der Waals surface area contributed by atoms with Crippen molar-refractivity contribution in [2.45, 2.75) is 13.0 Å². The van der Waals surface area contributed by atoms with E-state index in [1.165, 1.54) is 7.11 Å². The van der Waals surface area contributed by atoms with E-state index in [1.807, 2.05) is 42.5 Å². The van der Waals surface area contributed by atoms with Crippen LogP contribution in [0.3, 0.4) is 0 Å². The lowest BCUT2D eigenvalue weighted by Crippen LogP contribution is -2.10. The minimum absolute atomic E-state index is 0.00351. The summed E-state index contributed by atoms with van der Waals surface area (Å²) in [6, 6.07) is 27.1. The third-order valence-electron chi connectivity index (χ3n) is 6.11. The molecule has 0 bridgehead atoms. The average Bonchev–Trinajstić information content (AvgIpc) is 3.01. The summed E-state index contributed by atoms with van der Waals surface area (Å²) in [5.41, 5.74) is 3.16. The molecule has 0 saturated carbocycles. The van der Waals surface area contributed by atoms with E-state index in [0.29, 0.717) is 65.1 Å². The van der Waals surface area contributed by atoms with Gasteiger partial charge in [-0.15, -0.1) is 0 Å². The molecule has 8 heteroatoms. The summed E-state index contributed by atoms with van der Waals surface area (Å²) in [4.78, 5) is 24.7. The standard InChI is InChI=1S/C33H32O8/c1-36-15-16-38-23-40-31-14-13-29(41-33(35)25-11-7-4-8-12-25)18-26(31)17-27-19-30(20-28(21-34)32(27)37-2)39-22-24-9-5-3-6-10-24/h3-14,18-21H,15-17,22-23H2,1-2H3. The molecule has 41 heavy (non-hydrogen) atoms. The van der Waals surface area contributed by atoms with E-state index < -0.39 is 5.97 Å². The number of hydrogen-bond acceptors (Lipinski definition) is 8. The van der Waals surface area contributed by atoms with Crippen molar-refractivity contribution in [3.05, 3.63) is 119 Å². The van der Waals surface area contributed by atoms with E-state index in [2.05, 4.69) is 0 Å². The van der Waals surface area contributed by atoms with E-state index >= 15 is 0 Å². The van der Waals surface area contributed by atoms with E-state index in [9.17, 15) is 9.59 Å². The fourth-order valence-corrected chi connectivity index (χ4v) is 4.13. The Balaban J connectivity index is 1.63. The molecule has 0 unspecified atom stereocenters. The first-order chi connectivity index (χ1) is 20.1. The lowest BCUT2D eigenvalue weighted by atomic mass is 10.00. The molecular formula is C33H32O8. The molecule has 0 fully saturated rings. The third-order valence-corrected chi connectivity index (χ3v) is 6.11. The zero-order chi connectivity index (χ0) is 28.9. The van der Waals surface area contributed by atoms with Crippen molar-refractivity contribution in [1.29, 1.82) is 0 Å². The largest absolute Gasteiger partial charge is 0.496 e. The maximum atomic E-state index is 12.7. The Hall–Kier alpha value is -4.66. The van der Waals surface area contributed by atoms with Crippen LogP contribution in [0.15, 0.2) is 91.0 Å². The third kappa shape index (κ3) is 8.41. The van der Waals surface area contributed by atoms with E-state index in [0.717, 1.165) is 11.8 Å². The first-order valence-electron chi connectivity index (χ1n) is 13.0. The fourth-order valence-electron chi connectivity index (χ4n) is 4.13. The Morgan fingerprint density at radius 3 is 2.22 bits per heavy atom. The molecule has 4 aromatic carbocycles. The minimum atomic E-state index is -0.481. The highest BCUT2D eigenvalue weighted by Gasteiger charge is 2.17. The van der Waals surface area contributed by atoms with Crippen LogP contribution in [0.2, 0.25) is 0 Å². The van der Waals surface area contributed by atoms with Crippen LogP contribution in [0.5, 0.6) is 23.0 Å². The second-order valence-corrected chi connectivity index (χ2v) is 8.96. The Morgan fingerprint density at radius 1 is 0.780 bits per heavy atom. The molecule has 0 aliphatic carbocycles. The highest BCUT2D eigenvalue weighted by Crippen LogP contribution is 2.34. The molecule has 212 valence electrons. The Morgan fingerprint density at radius 2 is 1.51 bits per heavy atom. The van der Waals surface area contributed by atoms with Gasteiger partial charge < -0.3 is 28.4 Å². The number of aldehydes is 1. The Bertz CT molecular complexity index is 1420. The van der Waals surface area contributed by atoms with Gasteiger partial charge in [0.05, 0.1) is 31.5 Å². The molecule has 8 nitrogen and oxygen atoms in total. The van der Waals surface area contributed by atoms with Gasteiger partial charge in [-0.1, -0.05) is 48.5 Å². The minimum Gasteiger partial charge on any atom is -0.496 e. The van der Waals surface area contributed by atoms with Crippen LogP contribution in [0.1, 0.15) is 37.4 Å². The summed E-state index contributed by atoms with van der Waals surface area (Å²) in [7, 11) is 3.10. The maximum absolute atomic E-state index is 12.7. The van der Waals surface area contributed by atoms with Crippen molar-refractivity contribution >= 4 is 12.3 Å². The fraction of sp³-hybridized carbons (Fsp3) is 0.212. The number of carbonyl (C=O) groups excluding carboxylic acids is 2. The quantitative estimate of drug-likeness (QED) is 0.0588. The summed E-state index contributed by atoms with van der Waals surface area (Å²) in [5, 5.41) is 0. The number of carbonyl (C=O) groups is 2. The van der Waals surface area contributed by atoms with E-state index in [-0.39, 0.29) is 13.2 Å². The first kappa shape index (κ1) is 29.3. The van der Waals surface area contributed by atoms with Crippen molar-refractivity contribution in [2.24, 2.45) is 0 Å². The molecule has 0 aliphatic heterocycles. The molecule has 0 aliphatic rings. The maximum Gasteiger partial charge on any atom is 0.343 e. The molecule has 4 rings (SSSR count). The normalized spacial score (nSPS) is 10.6. The molecular weight excluding hydrogens is 524 g/mol. The van der Waals surface area contributed by atoms with Crippen molar-refractivity contribution in [2.75, 3.05) is 34.2 Å². The highest BCUT2D eigenvalue weighted by atomic mass is 16.7. The average molecular weight is 557 g/mol. The van der Waals surface area contributed by atoms with Gasteiger partial charge >= 0.3 is 5.97 Å². The van der Waals surface area contributed by atoms with Crippen LogP contribution in [-0.2, 0) is 22.5 Å². The topological polar surface area (TPSA) is 89.5 Å². The smallest absolute Gasteiger partial charge is 0.343 e. The predicted molar refractivity (Wildman–Crippen MR) is 153 cm³/mol. The SMILES string of the molecule is COCCOCOc1ccc(OC(=O)c2ccccc2)cc1Cc1cc(OCc2ccccc2)cc(C=O)c1OC. The number of ether oxygens (including phenoxy) is 6. The summed E-state index contributed by atoms with van der Waals surface area (Å²) in [6.07, 6.45) is 1.02. The van der Waals surface area contributed by atoms with Gasteiger partial charge in [-0.2, -0.15) is 0 Å². The van der Waals surface area contributed by atoms with Gasteiger partial charge in [-0.3, -0.25) is 4.79 Å². The van der Waals surface area contributed by atoms with Crippen molar-refractivity contribution in [3.8, 4) is 23.0 Å². The lowest BCUT2D eigenvalue weighted by Gasteiger charge is -2.17. The number of methoxy groups -OCH3 is 2. The van der Waals surface area contributed by atoms with Gasteiger partial charge in [-0.25, -0.2) is 4.79 Å². The highest BCUT2D eigenvalue weighted by molar-refractivity contribution is 5.91. The molecule has 0 amide bonds. The van der Waals surface area contributed by atoms with Crippen molar-refractivity contribution < 1.29 is 38.0 Å². The summed E-state index contributed by atoms with van der Waals surface area (Å²) >= 11 is 0. The number of esters is 1. The van der Waals surface area contributed by atoms with Gasteiger partial charge in [0, 0.05) is 24.7 Å². The van der Waals surface area contributed by atoms with Gasteiger partial charge in [0.1, 0.15) is 29.6 Å². The molecule has 0 spiro atoms. The zero-order valence-electron chi connectivity index (χ0n) is 23.0. The zero-order valence-corrected chi connectivity index (χ0v) is 23.0. The molecule has 4 aromatic rings. The van der Waals surface area contributed by atoms with E-state index in [4.69, 9.17) is 28.4 Å². The monoisotopic (exact) mass is 556 g/mol. The molecule has 0 radical (unpaired) electrons. The second kappa shape index (κ2) is 15.2. The summed E-state index contributed by atoms with van der Waals surface area (Å²) in [6.45, 7) is 1.14. The number of rotatable bonds is 15. The Labute approximate surface area is 239 Å². The lowest BCUT2D eigenvalue weighted by molar-refractivity contribution is -0.00885. The number of hydrogen-bond donors (Lipinski definition) is 0. The van der Waals surface area contributed by atoms with Crippen LogP contribution < -0.4 is 18.9 Å². The summed E-state index contributed by atoms with van der Waals surface area (Å²) in [5.74, 6) is 1.31. The number of benzene rings is 4. The van der Waals surface area contributed by atoms with Crippen molar-refractivity contribution in [1.82, 2.24) is 0 Å². The van der Waals surface area contributed by atoms with Crippen molar-refractivity contribution in [3.63, 3.8) is 0 Å². The summed E-state index contributed by atoms with van der Waals surface area (Å²) < 4.78 is 33.7. The second-order valence-electron chi connectivity index (χ2n) is 8.96. The van der Waals surface area contributed by atoms with Crippen LogP contribution in [-0.4, -0.2) is 46.5 Å². The van der Waals surface area contributed by atoms with Gasteiger partial charge in [0.25, 0.3) is 0 Å². The molecule has 0 atom stereocenters. The van der Waals surface area contributed by atoms with Crippen LogP contribution >= 0.6 is 0 Å². The van der Waals surface area contributed by atoms with Gasteiger partial charge in [-0.05, 0) is 48.0 Å². The van der Waals surface area contributed by atoms with Crippen LogP contribution in [0, 0.1) is 0 Å². The molecule has 0 N–H and O–H groups in total. The van der Waals surface area contributed by atoms with Crippen LogP contribution in [0.4, 0.5) is 0 Å². The predicted octanol–water partition coefficient (Wildman–Crippen LogP) is 5.90. The molecule has 0 saturated heterocycles. The molecule has 0 aromatic heterocycles.